The van der Waals surface area contributed by atoms with Gasteiger partial charge in [0.2, 0.25) is 0 Å². The second kappa shape index (κ2) is 9.23. The standard InChI is InChI=1S/C24H35N3O/c1-26-16-23(17-27-14-6-7-19(15-27)18-28-2)24(25-26)22-12-10-21(11-13-22)20-8-4-3-5-9-20/h10-13,16,19-20H,3-9,14-15,17-18H2,1-2H3. The highest BCUT2D eigenvalue weighted by molar-refractivity contribution is 5.63. The summed E-state index contributed by atoms with van der Waals surface area (Å²) in [5, 5.41) is 4.81. The van der Waals surface area contributed by atoms with E-state index in [9.17, 15) is 0 Å². The van der Waals surface area contributed by atoms with Crippen LogP contribution in [0.25, 0.3) is 11.3 Å². The summed E-state index contributed by atoms with van der Waals surface area (Å²) in [7, 11) is 3.85. The van der Waals surface area contributed by atoms with Crippen LogP contribution in [0.15, 0.2) is 30.5 Å². The van der Waals surface area contributed by atoms with E-state index < -0.39 is 0 Å². The van der Waals surface area contributed by atoms with E-state index in [0.717, 1.165) is 31.3 Å². The van der Waals surface area contributed by atoms with E-state index in [2.05, 4.69) is 35.4 Å². The average molecular weight is 382 g/mol. The molecule has 1 atom stereocenters. The fraction of sp³-hybridized carbons (Fsp3) is 0.625. The largest absolute Gasteiger partial charge is 0.384 e. The molecule has 0 radical (unpaired) electrons. The molecule has 2 fully saturated rings. The Morgan fingerprint density at radius 3 is 2.57 bits per heavy atom. The topological polar surface area (TPSA) is 30.3 Å². The monoisotopic (exact) mass is 381 g/mol. The number of aryl methyl sites for hydroxylation is 1. The van der Waals surface area contributed by atoms with Crippen LogP contribution in [0.2, 0.25) is 0 Å². The number of hydrogen-bond acceptors (Lipinski definition) is 3. The first-order valence-electron chi connectivity index (χ1n) is 11.1. The molecule has 0 bridgehead atoms. The molecule has 28 heavy (non-hydrogen) atoms. The van der Waals surface area contributed by atoms with Gasteiger partial charge in [-0.25, -0.2) is 0 Å². The summed E-state index contributed by atoms with van der Waals surface area (Å²) in [6.45, 7) is 4.16. The number of benzene rings is 1. The van der Waals surface area contributed by atoms with Gasteiger partial charge in [-0.2, -0.15) is 5.10 Å². The molecule has 2 heterocycles. The highest BCUT2D eigenvalue weighted by Crippen LogP contribution is 2.34. The number of hydrogen-bond donors (Lipinski definition) is 0. The van der Waals surface area contributed by atoms with Gasteiger partial charge >= 0.3 is 0 Å². The van der Waals surface area contributed by atoms with E-state index in [1.165, 1.54) is 68.2 Å². The SMILES string of the molecule is COCC1CCCN(Cc2cn(C)nc2-c2ccc(C3CCCCC3)cc2)C1. The van der Waals surface area contributed by atoms with E-state index in [1.807, 2.05) is 18.8 Å². The highest BCUT2D eigenvalue weighted by Gasteiger charge is 2.22. The van der Waals surface area contributed by atoms with Crippen molar-refractivity contribution < 1.29 is 4.74 Å². The molecule has 1 unspecified atom stereocenters. The van der Waals surface area contributed by atoms with Gasteiger partial charge < -0.3 is 4.74 Å². The molecule has 0 spiro atoms. The Balaban J connectivity index is 1.48. The van der Waals surface area contributed by atoms with Gasteiger partial charge in [0.05, 0.1) is 12.3 Å². The van der Waals surface area contributed by atoms with Crippen LogP contribution in [0, 0.1) is 5.92 Å². The van der Waals surface area contributed by atoms with Crippen LogP contribution in [0.5, 0.6) is 0 Å². The van der Waals surface area contributed by atoms with Crippen LogP contribution in [0.1, 0.15) is 62.0 Å². The van der Waals surface area contributed by atoms with Crippen molar-refractivity contribution in [3.05, 3.63) is 41.6 Å². The lowest BCUT2D eigenvalue weighted by molar-refractivity contribution is 0.0874. The molecule has 2 aromatic rings. The molecule has 1 aromatic heterocycles. The first-order chi connectivity index (χ1) is 13.7. The van der Waals surface area contributed by atoms with Crippen molar-refractivity contribution in [2.24, 2.45) is 13.0 Å². The van der Waals surface area contributed by atoms with Crippen molar-refractivity contribution in [1.82, 2.24) is 14.7 Å². The third kappa shape index (κ3) is 4.66. The Morgan fingerprint density at radius 2 is 1.82 bits per heavy atom. The van der Waals surface area contributed by atoms with Gasteiger partial charge in [0.25, 0.3) is 0 Å². The summed E-state index contributed by atoms with van der Waals surface area (Å²) in [4.78, 5) is 2.57. The molecular weight excluding hydrogens is 346 g/mol. The molecule has 0 amide bonds. The molecule has 1 aromatic carbocycles. The first kappa shape index (κ1) is 19.7. The lowest BCUT2D eigenvalue weighted by Gasteiger charge is -2.32. The predicted octanol–water partition coefficient (Wildman–Crippen LogP) is 4.99. The molecule has 4 heteroatoms. The van der Waals surface area contributed by atoms with Crippen LogP contribution < -0.4 is 0 Å². The number of nitrogens with zero attached hydrogens (tertiary/aromatic N) is 3. The summed E-state index contributed by atoms with van der Waals surface area (Å²) in [5.41, 5.74) is 5.25. The van der Waals surface area contributed by atoms with E-state index in [0.29, 0.717) is 5.92 Å². The van der Waals surface area contributed by atoms with Gasteiger partial charge in [-0.05, 0) is 49.6 Å². The van der Waals surface area contributed by atoms with Crippen molar-refractivity contribution in [2.45, 2.75) is 57.4 Å². The van der Waals surface area contributed by atoms with Crippen molar-refractivity contribution in [1.29, 1.82) is 0 Å². The third-order valence-electron chi connectivity index (χ3n) is 6.56. The minimum atomic E-state index is 0.661. The molecular formula is C24H35N3O. The maximum atomic E-state index is 5.40. The quantitative estimate of drug-likeness (QED) is 0.706. The summed E-state index contributed by atoms with van der Waals surface area (Å²) in [6.07, 6.45) is 11.6. The molecule has 152 valence electrons. The van der Waals surface area contributed by atoms with Crippen molar-refractivity contribution in [2.75, 3.05) is 26.8 Å². The van der Waals surface area contributed by atoms with Gasteiger partial charge in [0.15, 0.2) is 0 Å². The van der Waals surface area contributed by atoms with Crippen molar-refractivity contribution >= 4 is 0 Å². The zero-order chi connectivity index (χ0) is 19.3. The van der Waals surface area contributed by atoms with Crippen LogP contribution in [-0.2, 0) is 18.3 Å². The van der Waals surface area contributed by atoms with E-state index >= 15 is 0 Å². The van der Waals surface area contributed by atoms with Gasteiger partial charge in [0.1, 0.15) is 0 Å². The third-order valence-corrected chi connectivity index (χ3v) is 6.56. The molecule has 1 aliphatic heterocycles. The lowest BCUT2D eigenvalue weighted by atomic mass is 9.84. The Kier molecular flexibility index (Phi) is 6.48. The highest BCUT2D eigenvalue weighted by atomic mass is 16.5. The summed E-state index contributed by atoms with van der Waals surface area (Å²) in [5.74, 6) is 1.42. The second-order valence-electron chi connectivity index (χ2n) is 8.83. The average Bonchev–Trinajstić information content (AvgIpc) is 3.09. The second-order valence-corrected chi connectivity index (χ2v) is 8.83. The number of methoxy groups -OCH3 is 1. The van der Waals surface area contributed by atoms with E-state index in [1.54, 1.807) is 0 Å². The van der Waals surface area contributed by atoms with Crippen LogP contribution in [0.3, 0.4) is 0 Å². The predicted molar refractivity (Wildman–Crippen MR) is 114 cm³/mol. The fourth-order valence-corrected chi connectivity index (χ4v) is 5.15. The number of piperidine rings is 1. The van der Waals surface area contributed by atoms with Crippen molar-refractivity contribution in [3.63, 3.8) is 0 Å². The Morgan fingerprint density at radius 1 is 1.04 bits per heavy atom. The Labute approximate surface area is 169 Å². The van der Waals surface area contributed by atoms with E-state index in [-0.39, 0.29) is 0 Å². The summed E-state index contributed by atoms with van der Waals surface area (Å²) < 4.78 is 7.36. The van der Waals surface area contributed by atoms with Crippen molar-refractivity contribution in [3.8, 4) is 11.3 Å². The maximum Gasteiger partial charge on any atom is 0.0968 e. The maximum absolute atomic E-state index is 5.40. The van der Waals surface area contributed by atoms with Crippen LogP contribution >= 0.6 is 0 Å². The molecule has 4 rings (SSSR count). The Hall–Kier alpha value is -1.65. The zero-order valence-electron chi connectivity index (χ0n) is 17.6. The van der Waals surface area contributed by atoms with Crippen LogP contribution in [0.4, 0.5) is 0 Å². The molecule has 1 saturated carbocycles. The van der Waals surface area contributed by atoms with Gasteiger partial charge in [-0.1, -0.05) is 43.5 Å². The van der Waals surface area contributed by atoms with Gasteiger partial charge in [-0.15, -0.1) is 0 Å². The number of aromatic nitrogens is 2. The summed E-state index contributed by atoms with van der Waals surface area (Å²) in [6, 6.07) is 9.28. The van der Waals surface area contributed by atoms with Gasteiger partial charge in [-0.3, -0.25) is 9.58 Å². The minimum absolute atomic E-state index is 0.661. The molecule has 1 saturated heterocycles. The number of likely N-dealkylation sites (tertiary alicyclic amines) is 1. The zero-order valence-corrected chi connectivity index (χ0v) is 17.6. The van der Waals surface area contributed by atoms with E-state index in [4.69, 9.17) is 9.84 Å². The molecule has 4 nitrogen and oxygen atoms in total. The Bertz CT molecular complexity index is 744. The first-order valence-corrected chi connectivity index (χ1v) is 11.1. The molecule has 1 aliphatic carbocycles. The minimum Gasteiger partial charge on any atom is -0.384 e. The molecule has 2 aliphatic rings. The number of ether oxygens (including phenoxy) is 1. The smallest absolute Gasteiger partial charge is 0.0968 e. The lowest BCUT2D eigenvalue weighted by Crippen LogP contribution is -2.36. The molecule has 0 N–H and O–H groups in total. The summed E-state index contributed by atoms with van der Waals surface area (Å²) >= 11 is 0. The van der Waals surface area contributed by atoms with Crippen LogP contribution in [-0.4, -0.2) is 41.5 Å². The van der Waals surface area contributed by atoms with Gasteiger partial charge in [0, 0.05) is 44.6 Å². The fourth-order valence-electron chi connectivity index (χ4n) is 5.15. The number of rotatable bonds is 6. The normalized spacial score (nSPS) is 21.9.